The number of aliphatic hydroxyl groups is 3. The molecule has 1 aromatic rings. The summed E-state index contributed by atoms with van der Waals surface area (Å²) in [5, 5.41) is 47.7. The lowest BCUT2D eigenvalue weighted by Gasteiger charge is -2.50. The average molecular weight is 484 g/mol. The number of Topliss-reactive ketones (excluding diaryl/α,β-unsaturated/α-hetero) is 2. The van der Waals surface area contributed by atoms with E-state index in [0.29, 0.717) is 12.0 Å². The number of carbonyl (C=O) groups is 3. The van der Waals surface area contributed by atoms with Crippen LogP contribution in [0.1, 0.15) is 42.0 Å². The van der Waals surface area contributed by atoms with Crippen molar-refractivity contribution in [3.63, 3.8) is 0 Å². The number of fused-ring (bicyclic) bond motifs is 3. The van der Waals surface area contributed by atoms with E-state index in [1.807, 2.05) is 6.07 Å². The zero-order chi connectivity index (χ0) is 25.4. The van der Waals surface area contributed by atoms with Crippen molar-refractivity contribution in [1.82, 2.24) is 10.2 Å². The number of benzene rings is 1. The molecule has 35 heavy (non-hydrogen) atoms. The molecule has 4 aliphatic rings. The first-order valence-corrected chi connectivity index (χ1v) is 11.7. The van der Waals surface area contributed by atoms with E-state index < -0.39 is 58.0 Å². The van der Waals surface area contributed by atoms with E-state index >= 15 is 0 Å². The minimum absolute atomic E-state index is 0.0818. The Morgan fingerprint density at radius 2 is 1.91 bits per heavy atom. The predicted octanol–water partition coefficient (Wildman–Crippen LogP) is 0.389. The fourth-order valence-electron chi connectivity index (χ4n) is 6.47. The number of phenols is 1. The van der Waals surface area contributed by atoms with Gasteiger partial charge in [-0.1, -0.05) is 6.07 Å². The molecule has 7 N–H and O–H groups in total. The number of phenolic OH excluding ortho intramolecular Hbond substituents is 1. The van der Waals surface area contributed by atoms with Crippen molar-refractivity contribution in [2.45, 2.75) is 43.4 Å². The topological polar surface area (TPSA) is 173 Å². The molecule has 3 aliphatic carbocycles. The van der Waals surface area contributed by atoms with E-state index in [0.717, 1.165) is 24.9 Å². The molecule has 0 bridgehead atoms. The second kappa shape index (κ2) is 7.91. The average Bonchev–Trinajstić information content (AvgIpc) is 3.30. The van der Waals surface area contributed by atoms with E-state index in [1.165, 1.54) is 4.90 Å². The van der Waals surface area contributed by atoms with Crippen LogP contribution in [0.2, 0.25) is 0 Å². The fourth-order valence-corrected chi connectivity index (χ4v) is 6.47. The third-order valence-electron chi connectivity index (χ3n) is 8.01. The van der Waals surface area contributed by atoms with Crippen molar-refractivity contribution in [2.24, 2.45) is 17.6 Å². The number of aromatic hydroxyl groups is 1. The maximum Gasteiger partial charge on any atom is 0.255 e. The fraction of sp³-hybridized carbons (Fsp3) is 0.480. The highest BCUT2D eigenvalue weighted by atomic mass is 16.3. The van der Waals surface area contributed by atoms with Crippen LogP contribution in [0.5, 0.6) is 5.75 Å². The van der Waals surface area contributed by atoms with Gasteiger partial charge in [0.2, 0.25) is 5.78 Å². The summed E-state index contributed by atoms with van der Waals surface area (Å²) >= 11 is 0. The standard InChI is InChI=1S/C25H29N3O7/c1-28(2)19-13-8-12-7-11-6-10(14-4-3-5-27-14)9-15(29)16(11)20(30)17(12)22(32)25(13,35)23(33)18(21(19)31)24(26)34/h6,9,12-14,19,27,29-30,33,35H,3-5,7-8H2,1-2H3,(H2,26,34)/t12-,13-,14?,19-,25-/m0/s1. The molecule has 5 atom stereocenters. The Kier molecular flexibility index (Phi) is 5.31. The quantitative estimate of drug-likeness (QED) is 0.332. The number of aliphatic hydroxyl groups excluding tert-OH is 2. The van der Waals surface area contributed by atoms with E-state index in [1.54, 1.807) is 20.2 Å². The molecule has 1 aliphatic heterocycles. The predicted molar refractivity (Wildman–Crippen MR) is 124 cm³/mol. The lowest BCUT2D eigenvalue weighted by atomic mass is 9.57. The highest BCUT2D eigenvalue weighted by Crippen LogP contribution is 2.52. The monoisotopic (exact) mass is 483 g/mol. The molecule has 10 nitrogen and oxygen atoms in total. The van der Waals surface area contributed by atoms with E-state index in [4.69, 9.17) is 5.73 Å². The molecule has 1 saturated carbocycles. The van der Waals surface area contributed by atoms with Crippen LogP contribution in [0, 0.1) is 11.8 Å². The van der Waals surface area contributed by atoms with Crippen molar-refractivity contribution >= 4 is 23.2 Å². The van der Waals surface area contributed by atoms with Crippen LogP contribution in [0.4, 0.5) is 0 Å². The Hall–Kier alpha value is -3.21. The van der Waals surface area contributed by atoms with Gasteiger partial charge >= 0.3 is 0 Å². The first kappa shape index (κ1) is 23.5. The summed E-state index contributed by atoms with van der Waals surface area (Å²) < 4.78 is 0. The highest BCUT2D eigenvalue weighted by Gasteiger charge is 2.64. The van der Waals surface area contributed by atoms with Crippen LogP contribution >= 0.6 is 0 Å². The van der Waals surface area contributed by atoms with Gasteiger partial charge in [-0.2, -0.15) is 0 Å². The summed E-state index contributed by atoms with van der Waals surface area (Å²) in [5.41, 5.74) is 3.42. The van der Waals surface area contributed by atoms with E-state index in [9.17, 15) is 34.8 Å². The Labute approximate surface area is 201 Å². The SMILES string of the molecule is CN(C)[C@@H]1C(=O)C(C(N)=O)=C(O)[C@@]2(O)C(=O)C3=C(O)c4c(O)cc(C5CCCN5)cc4C[C@H]3C[C@@H]12. The summed E-state index contributed by atoms with van der Waals surface area (Å²) in [6.45, 7) is 0.874. The van der Waals surface area contributed by atoms with Gasteiger partial charge in [0.25, 0.3) is 5.91 Å². The Bertz CT molecular complexity index is 1230. The van der Waals surface area contributed by atoms with Gasteiger partial charge in [0.1, 0.15) is 22.8 Å². The Morgan fingerprint density at radius 1 is 1.20 bits per heavy atom. The summed E-state index contributed by atoms with van der Waals surface area (Å²) in [7, 11) is 3.15. The number of rotatable bonds is 3. The largest absolute Gasteiger partial charge is 0.508 e. The normalized spacial score (nSPS) is 32.6. The Morgan fingerprint density at radius 3 is 2.51 bits per heavy atom. The second-order valence-electron chi connectivity index (χ2n) is 10.2. The molecule has 0 radical (unpaired) electrons. The minimum Gasteiger partial charge on any atom is -0.508 e. The summed E-state index contributed by atoms with van der Waals surface area (Å²) in [4.78, 5) is 40.3. The van der Waals surface area contributed by atoms with Crippen LogP contribution in [-0.4, -0.2) is 75.1 Å². The molecular weight excluding hydrogens is 454 g/mol. The molecule has 10 heteroatoms. The van der Waals surface area contributed by atoms with Crippen LogP contribution in [-0.2, 0) is 20.8 Å². The number of nitrogens with one attached hydrogen (secondary N) is 1. The van der Waals surface area contributed by atoms with Gasteiger partial charge in [-0.05, 0) is 69.4 Å². The van der Waals surface area contributed by atoms with Crippen molar-refractivity contribution in [2.75, 3.05) is 20.6 Å². The van der Waals surface area contributed by atoms with Gasteiger partial charge in [0.05, 0.1) is 11.6 Å². The molecular formula is C25H29N3O7. The molecule has 0 spiro atoms. The summed E-state index contributed by atoms with van der Waals surface area (Å²) in [6.07, 6.45) is 2.31. The van der Waals surface area contributed by atoms with Crippen LogP contribution in [0.3, 0.4) is 0 Å². The highest BCUT2D eigenvalue weighted by molar-refractivity contribution is 6.24. The van der Waals surface area contributed by atoms with Crippen LogP contribution in [0.15, 0.2) is 29.0 Å². The molecule has 186 valence electrons. The number of ketones is 2. The lowest BCUT2D eigenvalue weighted by Crippen LogP contribution is -2.65. The molecule has 1 saturated heterocycles. The van der Waals surface area contributed by atoms with Gasteiger partial charge < -0.3 is 31.5 Å². The zero-order valence-electron chi connectivity index (χ0n) is 19.5. The smallest absolute Gasteiger partial charge is 0.255 e. The molecule has 1 heterocycles. The number of nitrogens with two attached hydrogens (primary N) is 1. The summed E-state index contributed by atoms with van der Waals surface area (Å²) in [6, 6.07) is 2.47. The van der Waals surface area contributed by atoms with Gasteiger partial charge in [-0.25, -0.2) is 0 Å². The van der Waals surface area contributed by atoms with Crippen molar-refractivity contribution in [3.05, 3.63) is 45.7 Å². The molecule has 1 amide bonds. The van der Waals surface area contributed by atoms with Crippen molar-refractivity contribution in [1.29, 1.82) is 0 Å². The third kappa shape index (κ3) is 3.17. The van der Waals surface area contributed by atoms with Crippen molar-refractivity contribution < 1.29 is 34.8 Å². The number of likely N-dealkylation sites (N-methyl/N-ethyl adjacent to an activating group) is 1. The maximum atomic E-state index is 13.7. The molecule has 1 aromatic carbocycles. The van der Waals surface area contributed by atoms with Crippen molar-refractivity contribution in [3.8, 4) is 5.75 Å². The van der Waals surface area contributed by atoms with Crippen LogP contribution < -0.4 is 11.1 Å². The number of hydrogen-bond donors (Lipinski definition) is 6. The minimum atomic E-state index is -2.62. The molecule has 5 rings (SSSR count). The number of carbonyl (C=O) groups excluding carboxylic acids is 3. The van der Waals surface area contributed by atoms with Gasteiger partial charge in [0.15, 0.2) is 11.4 Å². The third-order valence-corrected chi connectivity index (χ3v) is 8.01. The van der Waals surface area contributed by atoms with Gasteiger partial charge in [-0.15, -0.1) is 0 Å². The first-order valence-electron chi connectivity index (χ1n) is 11.7. The number of hydrogen-bond acceptors (Lipinski definition) is 9. The molecule has 0 aromatic heterocycles. The van der Waals surface area contributed by atoms with E-state index in [2.05, 4.69) is 5.32 Å². The van der Waals surface area contributed by atoms with E-state index in [-0.39, 0.29) is 29.3 Å². The first-order chi connectivity index (χ1) is 16.5. The lowest BCUT2D eigenvalue weighted by molar-refractivity contribution is -0.153. The molecule has 1 unspecified atom stereocenters. The number of primary amides is 1. The zero-order valence-corrected chi connectivity index (χ0v) is 19.5. The number of amides is 1. The Balaban J connectivity index is 1.67. The van der Waals surface area contributed by atoms with Gasteiger partial charge in [-0.3, -0.25) is 19.3 Å². The van der Waals surface area contributed by atoms with Crippen LogP contribution in [0.25, 0.3) is 5.76 Å². The maximum absolute atomic E-state index is 13.7. The van der Waals surface area contributed by atoms with Gasteiger partial charge in [0, 0.05) is 17.5 Å². The summed E-state index contributed by atoms with van der Waals surface area (Å²) in [5.74, 6) is -6.39. The molecule has 2 fully saturated rings. The second-order valence-corrected chi connectivity index (χ2v) is 10.2. The number of nitrogens with zero attached hydrogens (tertiary/aromatic N) is 1.